The Hall–Kier alpha value is -2.41. The van der Waals surface area contributed by atoms with Gasteiger partial charge in [-0.3, -0.25) is 9.59 Å². The van der Waals surface area contributed by atoms with Crippen LogP contribution in [0.25, 0.3) is 10.6 Å². The number of likely N-dealkylation sites (tertiary alicyclic amines) is 1. The molecule has 0 unspecified atom stereocenters. The number of hydrogen-bond donors (Lipinski definition) is 1. The predicted molar refractivity (Wildman–Crippen MR) is 102 cm³/mol. The topological polar surface area (TPSA) is 71.5 Å². The average molecular weight is 373 g/mol. The quantitative estimate of drug-likeness (QED) is 0.758. The van der Waals surface area contributed by atoms with Crippen LogP contribution in [0.15, 0.2) is 24.3 Å². The number of benzene rings is 1. The summed E-state index contributed by atoms with van der Waals surface area (Å²) in [6, 6.07) is 7.63. The van der Waals surface area contributed by atoms with E-state index >= 15 is 0 Å². The zero-order valence-electron chi connectivity index (χ0n) is 15.1. The third-order valence-electron chi connectivity index (χ3n) is 4.40. The molecular formula is C19H23N3O3S. The molecule has 3 rings (SSSR count). The minimum atomic E-state index is -0.104. The molecule has 1 N–H and O–H groups in total. The van der Waals surface area contributed by atoms with Crippen LogP contribution in [0.1, 0.15) is 34.6 Å². The van der Waals surface area contributed by atoms with E-state index in [4.69, 9.17) is 4.74 Å². The molecule has 1 aromatic carbocycles. The van der Waals surface area contributed by atoms with Crippen molar-refractivity contribution in [1.29, 1.82) is 0 Å². The van der Waals surface area contributed by atoms with Crippen LogP contribution in [0.2, 0.25) is 0 Å². The van der Waals surface area contributed by atoms with Gasteiger partial charge in [0.2, 0.25) is 5.91 Å². The molecule has 2 amide bonds. The highest BCUT2D eigenvalue weighted by molar-refractivity contribution is 7.17. The molecule has 1 saturated heterocycles. The van der Waals surface area contributed by atoms with E-state index in [9.17, 15) is 9.59 Å². The van der Waals surface area contributed by atoms with Crippen LogP contribution in [0.4, 0.5) is 0 Å². The molecule has 0 bridgehead atoms. The highest BCUT2D eigenvalue weighted by Crippen LogP contribution is 2.29. The van der Waals surface area contributed by atoms with Gasteiger partial charge >= 0.3 is 0 Å². The average Bonchev–Trinajstić information content (AvgIpc) is 3.24. The number of rotatable bonds is 7. The van der Waals surface area contributed by atoms with Crippen molar-refractivity contribution in [1.82, 2.24) is 15.2 Å². The second kappa shape index (κ2) is 8.31. The molecule has 1 fully saturated rings. The van der Waals surface area contributed by atoms with Gasteiger partial charge in [0.25, 0.3) is 5.91 Å². The lowest BCUT2D eigenvalue weighted by Crippen LogP contribution is -2.30. The van der Waals surface area contributed by atoms with Crippen molar-refractivity contribution < 1.29 is 14.3 Å². The highest BCUT2D eigenvalue weighted by Gasteiger charge is 2.20. The molecule has 0 aliphatic carbocycles. The maximum atomic E-state index is 12.4. The number of hydrogen-bond acceptors (Lipinski definition) is 5. The standard InChI is InChI=1S/C19H23N3O3S/c1-13-17(18(24)20-10-4-12-22-11-3-5-16(22)23)26-19(21-13)14-6-8-15(25-2)9-7-14/h6-9H,3-5,10-12H2,1-2H3,(H,20,24). The number of amides is 2. The van der Waals surface area contributed by atoms with Crippen LogP contribution in [0.5, 0.6) is 5.75 Å². The number of carbonyl (C=O) groups is 2. The molecule has 2 heterocycles. The Labute approximate surface area is 157 Å². The summed E-state index contributed by atoms with van der Waals surface area (Å²) in [6.45, 7) is 3.95. The van der Waals surface area contributed by atoms with E-state index in [2.05, 4.69) is 10.3 Å². The molecule has 0 spiro atoms. The van der Waals surface area contributed by atoms with Gasteiger partial charge in [-0.2, -0.15) is 0 Å². The van der Waals surface area contributed by atoms with Crippen LogP contribution in [-0.2, 0) is 4.79 Å². The lowest BCUT2D eigenvalue weighted by molar-refractivity contribution is -0.127. The first-order chi connectivity index (χ1) is 12.6. The summed E-state index contributed by atoms with van der Waals surface area (Å²) in [5, 5.41) is 3.75. The molecule has 1 aliphatic rings. The molecule has 1 aromatic heterocycles. The number of carbonyl (C=O) groups excluding carboxylic acids is 2. The van der Waals surface area contributed by atoms with Crippen molar-refractivity contribution in [3.05, 3.63) is 34.8 Å². The first-order valence-electron chi connectivity index (χ1n) is 8.76. The van der Waals surface area contributed by atoms with Gasteiger partial charge in [-0.15, -0.1) is 11.3 Å². The lowest BCUT2D eigenvalue weighted by Gasteiger charge is -2.15. The Morgan fingerprint density at radius 3 is 2.77 bits per heavy atom. The monoisotopic (exact) mass is 373 g/mol. The first-order valence-corrected chi connectivity index (χ1v) is 9.58. The fourth-order valence-corrected chi connectivity index (χ4v) is 3.94. The van der Waals surface area contributed by atoms with Crippen LogP contribution in [-0.4, -0.2) is 48.4 Å². The molecule has 138 valence electrons. The van der Waals surface area contributed by atoms with E-state index < -0.39 is 0 Å². The smallest absolute Gasteiger partial charge is 0.263 e. The summed E-state index contributed by atoms with van der Waals surface area (Å²) in [5.74, 6) is 0.905. The van der Waals surface area contributed by atoms with E-state index in [0.29, 0.717) is 24.4 Å². The van der Waals surface area contributed by atoms with Gasteiger partial charge in [-0.1, -0.05) is 0 Å². The van der Waals surface area contributed by atoms with E-state index in [0.717, 1.165) is 41.4 Å². The number of thiazole rings is 1. The van der Waals surface area contributed by atoms with Gasteiger partial charge in [0, 0.05) is 31.6 Å². The number of aromatic nitrogens is 1. The van der Waals surface area contributed by atoms with Crippen LogP contribution in [0.3, 0.4) is 0 Å². The molecule has 6 nitrogen and oxygen atoms in total. The summed E-state index contributed by atoms with van der Waals surface area (Å²) >= 11 is 1.39. The predicted octanol–water partition coefficient (Wildman–Crippen LogP) is 2.87. The zero-order valence-corrected chi connectivity index (χ0v) is 15.9. The molecule has 0 radical (unpaired) electrons. The summed E-state index contributed by atoms with van der Waals surface area (Å²) in [4.78, 5) is 31.0. The number of ether oxygens (including phenoxy) is 1. The molecule has 2 aromatic rings. The Bertz CT molecular complexity index is 786. The molecule has 7 heteroatoms. The first kappa shape index (κ1) is 18.4. The van der Waals surface area contributed by atoms with E-state index in [1.54, 1.807) is 7.11 Å². The minimum Gasteiger partial charge on any atom is -0.497 e. The van der Waals surface area contributed by atoms with Crippen molar-refractivity contribution in [2.45, 2.75) is 26.2 Å². The molecular weight excluding hydrogens is 350 g/mol. The van der Waals surface area contributed by atoms with Crippen molar-refractivity contribution in [3.8, 4) is 16.3 Å². The normalized spacial score (nSPS) is 13.9. The van der Waals surface area contributed by atoms with E-state index in [1.807, 2.05) is 36.1 Å². The summed E-state index contributed by atoms with van der Waals surface area (Å²) in [7, 11) is 1.63. The fourth-order valence-electron chi connectivity index (χ4n) is 2.96. The lowest BCUT2D eigenvalue weighted by atomic mass is 10.2. The van der Waals surface area contributed by atoms with Gasteiger partial charge in [0.1, 0.15) is 15.6 Å². The van der Waals surface area contributed by atoms with E-state index in [-0.39, 0.29) is 11.8 Å². The van der Waals surface area contributed by atoms with Crippen molar-refractivity contribution >= 4 is 23.2 Å². The van der Waals surface area contributed by atoms with Crippen LogP contribution >= 0.6 is 11.3 Å². The highest BCUT2D eigenvalue weighted by atomic mass is 32.1. The van der Waals surface area contributed by atoms with Gasteiger partial charge in [-0.05, 0) is 44.0 Å². The number of nitrogens with one attached hydrogen (secondary N) is 1. The SMILES string of the molecule is COc1ccc(-c2nc(C)c(C(=O)NCCCN3CCCC3=O)s2)cc1. The molecule has 0 saturated carbocycles. The van der Waals surface area contributed by atoms with E-state index in [1.165, 1.54) is 11.3 Å². The maximum absolute atomic E-state index is 12.4. The van der Waals surface area contributed by atoms with Gasteiger partial charge in [0.15, 0.2) is 0 Å². The summed E-state index contributed by atoms with van der Waals surface area (Å²) in [6.07, 6.45) is 2.36. The minimum absolute atomic E-state index is 0.104. The molecule has 1 aliphatic heterocycles. The Balaban J connectivity index is 1.55. The fraction of sp³-hybridized carbons (Fsp3) is 0.421. The van der Waals surface area contributed by atoms with Crippen molar-refractivity contribution in [2.75, 3.05) is 26.7 Å². The van der Waals surface area contributed by atoms with Crippen molar-refractivity contribution in [3.63, 3.8) is 0 Å². The van der Waals surface area contributed by atoms with Gasteiger partial charge in [0.05, 0.1) is 12.8 Å². The third kappa shape index (κ3) is 4.22. The maximum Gasteiger partial charge on any atom is 0.263 e. The Morgan fingerprint density at radius 1 is 1.35 bits per heavy atom. The van der Waals surface area contributed by atoms with Crippen LogP contribution in [0, 0.1) is 6.92 Å². The number of nitrogens with zero attached hydrogens (tertiary/aromatic N) is 2. The van der Waals surface area contributed by atoms with Gasteiger partial charge < -0.3 is 15.0 Å². The Morgan fingerprint density at radius 2 is 2.12 bits per heavy atom. The van der Waals surface area contributed by atoms with Crippen LogP contribution < -0.4 is 10.1 Å². The van der Waals surface area contributed by atoms with Gasteiger partial charge in [-0.25, -0.2) is 4.98 Å². The second-order valence-electron chi connectivity index (χ2n) is 6.26. The molecule has 0 atom stereocenters. The summed E-state index contributed by atoms with van der Waals surface area (Å²) < 4.78 is 5.16. The summed E-state index contributed by atoms with van der Waals surface area (Å²) in [5.41, 5.74) is 1.69. The van der Waals surface area contributed by atoms with Crippen molar-refractivity contribution in [2.24, 2.45) is 0 Å². The third-order valence-corrected chi connectivity index (χ3v) is 5.61. The number of methoxy groups -OCH3 is 1. The Kier molecular flexibility index (Phi) is 5.88. The largest absolute Gasteiger partial charge is 0.497 e. The molecule has 26 heavy (non-hydrogen) atoms. The zero-order chi connectivity index (χ0) is 18.5. The second-order valence-corrected chi connectivity index (χ2v) is 7.25. The number of aryl methyl sites for hydroxylation is 1.